The third-order valence-electron chi connectivity index (χ3n) is 3.95. The van der Waals surface area contributed by atoms with Crippen LogP contribution in [-0.2, 0) is 6.42 Å². The number of non-ortho nitro benzene ring substituents is 1. The number of aliphatic hydroxyl groups is 1. The van der Waals surface area contributed by atoms with Crippen LogP contribution < -0.4 is 0 Å². The molecule has 1 aromatic carbocycles. The Morgan fingerprint density at radius 1 is 1.43 bits per heavy atom. The molecule has 0 aliphatic heterocycles. The number of hydrogen-bond donors (Lipinski definition) is 1. The Balaban J connectivity index is 2.15. The second-order valence-corrected chi connectivity index (χ2v) is 5.32. The number of benzene rings is 1. The first kappa shape index (κ1) is 13.8. The van der Waals surface area contributed by atoms with E-state index in [1.165, 1.54) is 12.1 Å². The molecule has 5 nitrogen and oxygen atoms in total. The molecule has 0 saturated heterocycles. The van der Waals surface area contributed by atoms with Crippen LogP contribution in [0.3, 0.4) is 0 Å². The molecular formula is C15H15FN2O3. The highest BCUT2D eigenvalue weighted by molar-refractivity contribution is 5.47. The summed E-state index contributed by atoms with van der Waals surface area (Å²) >= 11 is 0. The van der Waals surface area contributed by atoms with Gasteiger partial charge in [0.25, 0.3) is 5.69 Å². The van der Waals surface area contributed by atoms with Gasteiger partial charge in [-0.15, -0.1) is 0 Å². The molecule has 6 heteroatoms. The molecule has 0 saturated carbocycles. The average molecular weight is 290 g/mol. The van der Waals surface area contributed by atoms with Crippen LogP contribution in [0.1, 0.15) is 35.9 Å². The van der Waals surface area contributed by atoms with E-state index < -0.39 is 16.8 Å². The summed E-state index contributed by atoms with van der Waals surface area (Å²) in [5.74, 6) is -0.634. The fourth-order valence-corrected chi connectivity index (χ4v) is 3.00. The molecule has 110 valence electrons. The van der Waals surface area contributed by atoms with Crippen molar-refractivity contribution in [3.8, 4) is 5.69 Å². The number of fused-ring (bicyclic) bond motifs is 1. The number of halogens is 1. The first-order chi connectivity index (χ1) is 9.99. The van der Waals surface area contributed by atoms with Crippen LogP contribution in [0, 0.1) is 22.9 Å². The highest BCUT2D eigenvalue weighted by atomic mass is 19.1. The fourth-order valence-electron chi connectivity index (χ4n) is 3.00. The van der Waals surface area contributed by atoms with Crippen LogP contribution in [0.5, 0.6) is 0 Å². The van der Waals surface area contributed by atoms with Crippen molar-refractivity contribution in [2.45, 2.75) is 32.3 Å². The lowest BCUT2D eigenvalue weighted by molar-refractivity contribution is -0.385. The van der Waals surface area contributed by atoms with Crippen molar-refractivity contribution >= 4 is 5.69 Å². The number of nitrogens with zero attached hydrogens (tertiary/aromatic N) is 2. The average Bonchev–Trinajstić information content (AvgIpc) is 2.77. The molecule has 1 N–H and O–H groups in total. The maximum Gasteiger partial charge on any atom is 0.272 e. The van der Waals surface area contributed by atoms with E-state index in [4.69, 9.17) is 0 Å². The molecule has 0 fully saturated rings. The summed E-state index contributed by atoms with van der Waals surface area (Å²) in [6.45, 7) is 1.84. The summed E-state index contributed by atoms with van der Waals surface area (Å²) in [6.07, 6.45) is 1.79. The zero-order chi connectivity index (χ0) is 15.1. The van der Waals surface area contributed by atoms with Crippen LogP contribution in [0.25, 0.3) is 5.69 Å². The molecule has 1 aliphatic rings. The first-order valence-corrected chi connectivity index (χ1v) is 6.82. The zero-order valence-corrected chi connectivity index (χ0v) is 11.5. The molecule has 21 heavy (non-hydrogen) atoms. The second kappa shape index (κ2) is 4.96. The van der Waals surface area contributed by atoms with E-state index >= 15 is 0 Å². The predicted octanol–water partition coefficient (Wildman–Crippen LogP) is 3.20. The van der Waals surface area contributed by atoms with Gasteiger partial charge in [0.15, 0.2) is 5.82 Å². The maximum absolute atomic E-state index is 14.2. The van der Waals surface area contributed by atoms with Crippen LogP contribution in [0.4, 0.5) is 10.1 Å². The van der Waals surface area contributed by atoms with Crippen molar-refractivity contribution in [1.29, 1.82) is 0 Å². The molecular weight excluding hydrogens is 275 g/mol. The fraction of sp³-hybridized carbons (Fsp3) is 0.333. The van der Waals surface area contributed by atoms with Gasteiger partial charge in [-0.25, -0.2) is 4.39 Å². The number of rotatable bonds is 2. The van der Waals surface area contributed by atoms with Crippen LogP contribution >= 0.6 is 0 Å². The lowest BCUT2D eigenvalue weighted by Gasteiger charge is -2.20. The van der Waals surface area contributed by atoms with E-state index in [2.05, 4.69) is 0 Å². The lowest BCUT2D eigenvalue weighted by Crippen LogP contribution is -2.12. The van der Waals surface area contributed by atoms with Gasteiger partial charge in [0.2, 0.25) is 0 Å². The standard InChI is InChI=1S/C15H15FN2O3/c1-9-7-11-13(3-2-4-15(11)19)17(9)14-6-5-10(18(20)21)8-12(14)16/h5-8,15,19H,2-4H2,1H3. The van der Waals surface area contributed by atoms with Gasteiger partial charge in [-0.05, 0) is 38.3 Å². The van der Waals surface area contributed by atoms with Gasteiger partial charge in [0.1, 0.15) is 0 Å². The van der Waals surface area contributed by atoms with Crippen molar-refractivity contribution in [2.24, 2.45) is 0 Å². The van der Waals surface area contributed by atoms with Crippen molar-refractivity contribution in [1.82, 2.24) is 4.57 Å². The Bertz CT molecular complexity index is 724. The lowest BCUT2D eigenvalue weighted by atomic mass is 9.95. The van der Waals surface area contributed by atoms with E-state index in [0.717, 1.165) is 35.9 Å². The Morgan fingerprint density at radius 2 is 2.19 bits per heavy atom. The number of aromatic nitrogens is 1. The largest absolute Gasteiger partial charge is 0.388 e. The van der Waals surface area contributed by atoms with Crippen LogP contribution in [0.2, 0.25) is 0 Å². The van der Waals surface area contributed by atoms with E-state index in [1.807, 2.05) is 13.0 Å². The van der Waals surface area contributed by atoms with Crippen molar-refractivity contribution in [3.63, 3.8) is 0 Å². The van der Waals surface area contributed by atoms with E-state index in [0.29, 0.717) is 6.42 Å². The smallest absolute Gasteiger partial charge is 0.272 e. The van der Waals surface area contributed by atoms with Crippen molar-refractivity contribution < 1.29 is 14.4 Å². The molecule has 1 aliphatic carbocycles. The summed E-state index contributed by atoms with van der Waals surface area (Å²) in [5.41, 5.74) is 2.55. The second-order valence-electron chi connectivity index (χ2n) is 5.32. The number of hydrogen-bond acceptors (Lipinski definition) is 3. The first-order valence-electron chi connectivity index (χ1n) is 6.82. The minimum Gasteiger partial charge on any atom is -0.388 e. The normalized spacial score (nSPS) is 17.6. The molecule has 1 aromatic heterocycles. The molecule has 1 atom stereocenters. The Morgan fingerprint density at radius 3 is 2.86 bits per heavy atom. The summed E-state index contributed by atoms with van der Waals surface area (Å²) in [4.78, 5) is 10.1. The molecule has 2 aromatic rings. The van der Waals surface area contributed by atoms with E-state index in [-0.39, 0.29) is 11.4 Å². The molecule has 0 spiro atoms. The molecule has 0 bridgehead atoms. The molecule has 1 unspecified atom stereocenters. The Labute approximate surface area is 120 Å². The number of aliphatic hydroxyl groups excluding tert-OH is 1. The SMILES string of the molecule is Cc1cc2c(n1-c1ccc([N+](=O)[O-])cc1F)CCCC2O. The van der Waals surface area contributed by atoms with Gasteiger partial charge in [0, 0.05) is 23.0 Å². The van der Waals surface area contributed by atoms with E-state index in [9.17, 15) is 19.6 Å². The summed E-state index contributed by atoms with van der Waals surface area (Å²) in [5, 5.41) is 20.7. The highest BCUT2D eigenvalue weighted by Crippen LogP contribution is 2.35. The van der Waals surface area contributed by atoms with Crippen molar-refractivity contribution in [2.75, 3.05) is 0 Å². The zero-order valence-electron chi connectivity index (χ0n) is 11.5. The number of nitro groups is 1. The van der Waals surface area contributed by atoms with Crippen LogP contribution in [-0.4, -0.2) is 14.6 Å². The Hall–Kier alpha value is -2.21. The molecule has 0 amide bonds. The summed E-state index contributed by atoms with van der Waals surface area (Å²) in [7, 11) is 0. The van der Waals surface area contributed by atoms with Gasteiger partial charge < -0.3 is 9.67 Å². The third-order valence-corrected chi connectivity index (χ3v) is 3.95. The summed E-state index contributed by atoms with van der Waals surface area (Å²) in [6, 6.07) is 5.51. The maximum atomic E-state index is 14.2. The monoisotopic (exact) mass is 290 g/mol. The Kier molecular flexibility index (Phi) is 3.25. The molecule has 1 heterocycles. The topological polar surface area (TPSA) is 68.3 Å². The van der Waals surface area contributed by atoms with Gasteiger partial charge in [-0.2, -0.15) is 0 Å². The highest BCUT2D eigenvalue weighted by Gasteiger charge is 2.25. The van der Waals surface area contributed by atoms with Crippen LogP contribution in [0.15, 0.2) is 24.3 Å². The van der Waals surface area contributed by atoms with Gasteiger partial charge in [-0.1, -0.05) is 0 Å². The molecule has 3 rings (SSSR count). The van der Waals surface area contributed by atoms with Gasteiger partial charge in [-0.3, -0.25) is 10.1 Å². The number of aryl methyl sites for hydroxylation is 1. The molecule has 0 radical (unpaired) electrons. The van der Waals surface area contributed by atoms with Gasteiger partial charge >= 0.3 is 0 Å². The predicted molar refractivity (Wildman–Crippen MR) is 75.0 cm³/mol. The quantitative estimate of drug-likeness (QED) is 0.682. The third kappa shape index (κ3) is 2.21. The minimum atomic E-state index is -0.634. The minimum absolute atomic E-state index is 0.269. The number of nitro benzene ring substituents is 1. The summed E-state index contributed by atoms with van der Waals surface area (Å²) < 4.78 is 16.0. The van der Waals surface area contributed by atoms with E-state index in [1.54, 1.807) is 4.57 Å². The van der Waals surface area contributed by atoms with Crippen molar-refractivity contribution in [3.05, 3.63) is 57.1 Å². The van der Waals surface area contributed by atoms with Gasteiger partial charge in [0.05, 0.1) is 22.8 Å².